The molecule has 10 rings (SSSR count). The van der Waals surface area contributed by atoms with E-state index < -0.39 is 0 Å². The van der Waals surface area contributed by atoms with Crippen molar-refractivity contribution in [2.45, 2.75) is 53.4 Å². The molecule has 0 aromatic heterocycles. The lowest BCUT2D eigenvalue weighted by Crippen LogP contribution is -2.19. The van der Waals surface area contributed by atoms with Crippen molar-refractivity contribution in [2.24, 2.45) is 0 Å². The van der Waals surface area contributed by atoms with Gasteiger partial charge in [0.25, 0.3) is 0 Å². The number of para-hydroxylation sites is 1. The molecule has 0 unspecified atom stereocenters. The van der Waals surface area contributed by atoms with E-state index in [4.69, 9.17) is 0 Å². The van der Waals surface area contributed by atoms with Crippen LogP contribution in [0.15, 0.2) is 188 Å². The lowest BCUT2D eigenvalue weighted by molar-refractivity contribution is 0.918. The van der Waals surface area contributed by atoms with Crippen LogP contribution in [0, 0.1) is 22.7 Å². The van der Waals surface area contributed by atoms with Crippen LogP contribution in [0.1, 0.15) is 70.1 Å². The zero-order chi connectivity index (χ0) is 43.0. The largest absolute Gasteiger partial charge is 0.312 e. The topological polar surface area (TPSA) is 54.1 Å². The average Bonchev–Trinajstić information content (AvgIpc) is 3.36. The highest BCUT2D eigenvalue weighted by Gasteiger charge is 2.25. The number of hydrogen-bond donors (Lipinski definition) is 0. The Hall–Kier alpha value is -7.66. The molecule has 8 aromatic carbocycles. The van der Waals surface area contributed by atoms with E-state index in [0.29, 0.717) is 11.1 Å². The summed E-state index contributed by atoms with van der Waals surface area (Å²) in [6, 6.07) is 56.0. The summed E-state index contributed by atoms with van der Waals surface area (Å²) in [5.41, 5.74) is 11.5. The number of rotatable bonds is 8. The molecule has 0 N–H and O–H groups in total. The van der Waals surface area contributed by atoms with Crippen LogP contribution in [0.25, 0.3) is 49.0 Å². The second-order valence-electron chi connectivity index (χ2n) is 14.9. The second kappa shape index (κ2) is 18.7. The Bertz CT molecular complexity index is 3080. The lowest BCUT2D eigenvalue weighted by atomic mass is 9.91. The molecule has 4 heteroatoms. The predicted molar refractivity (Wildman–Crippen MR) is 264 cm³/mol. The monoisotopic (exact) mass is 802 g/mol. The van der Waals surface area contributed by atoms with Crippen LogP contribution in [0.2, 0.25) is 0 Å². The summed E-state index contributed by atoms with van der Waals surface area (Å²) in [4.78, 5) is 4.54. The van der Waals surface area contributed by atoms with Crippen molar-refractivity contribution in [3.63, 3.8) is 0 Å². The summed E-state index contributed by atoms with van der Waals surface area (Å²) in [5.74, 6) is 0. The van der Waals surface area contributed by atoms with Gasteiger partial charge in [-0.05, 0) is 124 Å². The van der Waals surface area contributed by atoms with Gasteiger partial charge in [0.05, 0.1) is 33.9 Å². The van der Waals surface area contributed by atoms with E-state index in [2.05, 4.69) is 168 Å². The summed E-state index contributed by atoms with van der Waals surface area (Å²) < 4.78 is 0. The van der Waals surface area contributed by atoms with Gasteiger partial charge >= 0.3 is 0 Å². The van der Waals surface area contributed by atoms with Gasteiger partial charge in [0, 0.05) is 22.2 Å². The predicted octanol–water partition coefficient (Wildman–Crippen LogP) is 16.6. The molecule has 0 amide bonds. The summed E-state index contributed by atoms with van der Waals surface area (Å²) >= 11 is 0. The van der Waals surface area contributed by atoms with Crippen LogP contribution in [0.5, 0.6) is 0 Å². The third kappa shape index (κ3) is 7.64. The van der Waals surface area contributed by atoms with Crippen LogP contribution >= 0.6 is 0 Å². The first-order valence-corrected chi connectivity index (χ1v) is 21.9. The highest BCUT2D eigenvalue weighted by molar-refractivity contribution is 6.28. The van der Waals surface area contributed by atoms with E-state index in [1.807, 2.05) is 64.1 Å². The summed E-state index contributed by atoms with van der Waals surface area (Å²) in [7, 11) is 0. The highest BCUT2D eigenvalue weighted by atomic mass is 15.2. The van der Waals surface area contributed by atoms with Gasteiger partial charge in [-0.3, -0.25) is 0 Å². The fourth-order valence-corrected chi connectivity index (χ4v) is 8.85. The molecule has 0 atom stereocenters. The second-order valence-corrected chi connectivity index (χ2v) is 14.9. The lowest BCUT2D eigenvalue weighted by Gasteiger charge is -2.32. The molecular formula is C58H50N4. The molecule has 0 saturated carbocycles. The van der Waals surface area contributed by atoms with Crippen LogP contribution in [-0.4, -0.2) is 0 Å². The molecule has 0 aliphatic heterocycles. The molecule has 0 heterocycles. The Labute approximate surface area is 366 Å². The first-order chi connectivity index (χ1) is 30.7. The van der Waals surface area contributed by atoms with Gasteiger partial charge in [-0.25, -0.2) is 0 Å². The summed E-state index contributed by atoms with van der Waals surface area (Å²) in [6.45, 7) is 8.00. The van der Waals surface area contributed by atoms with E-state index in [1.165, 1.54) is 16.3 Å². The third-order valence-electron chi connectivity index (χ3n) is 11.6. The van der Waals surface area contributed by atoms with Crippen molar-refractivity contribution >= 4 is 66.3 Å². The van der Waals surface area contributed by atoms with Gasteiger partial charge in [-0.15, -0.1) is 0 Å². The maximum atomic E-state index is 10.7. The quantitative estimate of drug-likeness (QED) is 0.144. The Kier molecular flexibility index (Phi) is 12.4. The highest BCUT2D eigenvalue weighted by Crippen LogP contribution is 2.48. The van der Waals surface area contributed by atoms with Gasteiger partial charge in [-0.2, -0.15) is 10.5 Å². The molecule has 2 aliphatic carbocycles. The minimum atomic E-state index is 0.624. The molecule has 62 heavy (non-hydrogen) atoms. The molecule has 0 bridgehead atoms. The standard InChI is InChI=1S/C54H38N4.2C2H6/c55-35-43-33-41(37-13-5-1-6-14-37)25-29-49(43)57(45-17-9-3-10-18-45)51-31-23-39-22-28-48-52(32-24-40-21-27-47(51)53(39)54(40)48)58(46-19-11-4-12-20-46)50-30-26-42(34-44(50)36-56)38-15-7-2-8-16-38;2*1-2/h1-7,9,11-15,17,19-34H,8,10,16,18H2;2*1-2H3. The van der Waals surface area contributed by atoms with E-state index in [9.17, 15) is 10.5 Å². The van der Waals surface area contributed by atoms with E-state index >= 15 is 0 Å². The fraction of sp³-hybridized carbons (Fsp3) is 0.138. The average molecular weight is 803 g/mol. The molecule has 0 fully saturated rings. The van der Waals surface area contributed by atoms with Crippen molar-refractivity contribution in [3.8, 4) is 23.3 Å². The summed E-state index contributed by atoms with van der Waals surface area (Å²) in [6.07, 6.45) is 16.7. The number of hydrogen-bond acceptors (Lipinski definition) is 4. The van der Waals surface area contributed by atoms with Crippen molar-refractivity contribution < 1.29 is 0 Å². The molecule has 0 spiro atoms. The molecule has 0 saturated heterocycles. The zero-order valence-electron chi connectivity index (χ0n) is 35.9. The Morgan fingerprint density at radius 1 is 0.452 bits per heavy atom. The van der Waals surface area contributed by atoms with Gasteiger partial charge in [0.2, 0.25) is 0 Å². The van der Waals surface area contributed by atoms with Crippen molar-refractivity contribution in [1.82, 2.24) is 0 Å². The van der Waals surface area contributed by atoms with E-state index in [0.717, 1.165) is 98.1 Å². The van der Waals surface area contributed by atoms with Gasteiger partial charge in [0.15, 0.2) is 0 Å². The number of allylic oxidation sites excluding steroid dienone is 8. The minimum absolute atomic E-state index is 0.624. The van der Waals surface area contributed by atoms with E-state index in [1.54, 1.807) is 0 Å². The van der Waals surface area contributed by atoms with Crippen LogP contribution in [-0.2, 0) is 0 Å². The van der Waals surface area contributed by atoms with Crippen LogP contribution < -0.4 is 9.80 Å². The van der Waals surface area contributed by atoms with Crippen molar-refractivity contribution in [3.05, 3.63) is 204 Å². The van der Waals surface area contributed by atoms with Crippen molar-refractivity contribution in [1.29, 1.82) is 10.5 Å². The number of nitriles is 2. The smallest absolute Gasteiger partial charge is 0.101 e. The molecular weight excluding hydrogens is 753 g/mol. The molecule has 2 aliphatic rings. The first kappa shape index (κ1) is 41.1. The summed E-state index contributed by atoms with van der Waals surface area (Å²) in [5, 5.41) is 28.2. The Balaban J connectivity index is 0.00000129. The first-order valence-electron chi connectivity index (χ1n) is 21.9. The Morgan fingerprint density at radius 2 is 0.952 bits per heavy atom. The minimum Gasteiger partial charge on any atom is -0.312 e. The van der Waals surface area contributed by atoms with Crippen LogP contribution in [0.4, 0.5) is 28.4 Å². The number of benzene rings is 8. The maximum absolute atomic E-state index is 10.7. The maximum Gasteiger partial charge on any atom is 0.101 e. The molecule has 0 radical (unpaired) electrons. The van der Waals surface area contributed by atoms with Gasteiger partial charge in [0.1, 0.15) is 12.1 Å². The molecule has 8 aromatic rings. The van der Waals surface area contributed by atoms with Crippen molar-refractivity contribution in [2.75, 3.05) is 9.80 Å². The Morgan fingerprint density at radius 3 is 1.52 bits per heavy atom. The van der Waals surface area contributed by atoms with Crippen LogP contribution in [0.3, 0.4) is 0 Å². The van der Waals surface area contributed by atoms with Gasteiger partial charge in [-0.1, -0.05) is 155 Å². The fourth-order valence-electron chi connectivity index (χ4n) is 8.85. The van der Waals surface area contributed by atoms with Gasteiger partial charge < -0.3 is 9.80 Å². The third-order valence-corrected chi connectivity index (χ3v) is 11.6. The normalized spacial score (nSPS) is 12.9. The zero-order valence-corrected chi connectivity index (χ0v) is 35.9. The molecule has 302 valence electrons. The van der Waals surface area contributed by atoms with E-state index in [-0.39, 0.29) is 0 Å². The number of anilines is 5. The molecule has 4 nitrogen and oxygen atoms in total. The number of nitrogens with zero attached hydrogens (tertiary/aromatic N) is 4. The SMILES string of the molecule is CC.CC.N#Cc1cc(-c2ccccc2)ccc1N(C1=CC=CCC1)c1ccc2ccc3c(N(c4ccccc4)c4ccc(C5=CC=CCC5)cc4C#N)ccc4ccc1c2c43.